The van der Waals surface area contributed by atoms with E-state index >= 15 is 0 Å². The first-order valence-electron chi connectivity index (χ1n) is 6.92. The molecule has 4 nitrogen and oxygen atoms in total. The highest BCUT2D eigenvalue weighted by molar-refractivity contribution is 5.93. The van der Waals surface area contributed by atoms with Gasteiger partial charge in [-0.1, -0.05) is 24.3 Å². The van der Waals surface area contributed by atoms with Crippen LogP contribution in [0.2, 0.25) is 0 Å². The molecule has 4 heteroatoms. The topological polar surface area (TPSA) is 54.3 Å². The third-order valence-corrected chi connectivity index (χ3v) is 3.89. The maximum absolute atomic E-state index is 12.4. The van der Waals surface area contributed by atoms with Crippen LogP contribution in [0, 0.1) is 0 Å². The van der Waals surface area contributed by atoms with E-state index in [4.69, 9.17) is 0 Å². The Labute approximate surface area is 118 Å². The van der Waals surface area contributed by atoms with Gasteiger partial charge in [-0.15, -0.1) is 0 Å². The van der Waals surface area contributed by atoms with E-state index in [1.165, 1.54) is 0 Å². The molecule has 1 aliphatic rings. The minimum Gasteiger partial charge on any atom is -0.390 e. The van der Waals surface area contributed by atoms with Gasteiger partial charge in [-0.25, -0.2) is 0 Å². The molecule has 2 atom stereocenters. The molecule has 1 aromatic carbocycles. The van der Waals surface area contributed by atoms with Gasteiger partial charge < -0.3 is 15.0 Å². The van der Waals surface area contributed by atoms with Crippen LogP contribution in [-0.4, -0.2) is 21.7 Å². The number of amides is 1. The van der Waals surface area contributed by atoms with Gasteiger partial charge in [0.15, 0.2) is 0 Å². The van der Waals surface area contributed by atoms with Gasteiger partial charge in [0.2, 0.25) is 0 Å². The monoisotopic (exact) mass is 270 g/mol. The Morgan fingerprint density at radius 1 is 1.35 bits per heavy atom. The predicted octanol–water partition coefficient (Wildman–Crippen LogP) is 1.90. The fourth-order valence-corrected chi connectivity index (χ4v) is 2.86. The summed E-state index contributed by atoms with van der Waals surface area (Å²) in [4.78, 5) is 12.4. The zero-order valence-electron chi connectivity index (χ0n) is 11.4. The van der Waals surface area contributed by atoms with Crippen LogP contribution in [0.5, 0.6) is 0 Å². The van der Waals surface area contributed by atoms with E-state index in [-0.39, 0.29) is 11.9 Å². The number of aliphatic hydroxyl groups is 1. The van der Waals surface area contributed by atoms with Crippen LogP contribution in [0.15, 0.2) is 42.6 Å². The van der Waals surface area contributed by atoms with E-state index < -0.39 is 6.10 Å². The highest BCUT2D eigenvalue weighted by Crippen LogP contribution is 2.31. The molecule has 1 amide bonds. The van der Waals surface area contributed by atoms with Crippen molar-refractivity contribution in [3.8, 4) is 0 Å². The lowest BCUT2D eigenvalue weighted by Gasteiger charge is -2.18. The Balaban J connectivity index is 1.83. The van der Waals surface area contributed by atoms with Crippen molar-refractivity contribution in [1.82, 2.24) is 9.88 Å². The van der Waals surface area contributed by atoms with Crippen LogP contribution in [0.3, 0.4) is 0 Å². The van der Waals surface area contributed by atoms with Crippen LogP contribution in [0.4, 0.5) is 0 Å². The van der Waals surface area contributed by atoms with Crippen molar-refractivity contribution >= 4 is 5.91 Å². The number of aryl methyl sites for hydroxylation is 1. The van der Waals surface area contributed by atoms with Crippen molar-refractivity contribution in [2.75, 3.05) is 0 Å². The molecule has 2 N–H and O–H groups in total. The number of nitrogens with zero attached hydrogens (tertiary/aromatic N) is 1. The zero-order valence-corrected chi connectivity index (χ0v) is 11.4. The number of carbonyl (C=O) groups excluding carboxylic acids is 1. The molecule has 1 heterocycles. The number of aromatic nitrogens is 1. The second-order valence-corrected chi connectivity index (χ2v) is 5.10. The molecule has 1 aromatic heterocycles. The SMILES string of the molecule is CCn1cccc1C(=O)NC1c2ccccc2CC1O. The van der Waals surface area contributed by atoms with Crippen molar-refractivity contribution in [1.29, 1.82) is 0 Å². The predicted molar refractivity (Wildman–Crippen MR) is 76.5 cm³/mol. The fraction of sp³-hybridized carbons (Fsp3) is 0.312. The van der Waals surface area contributed by atoms with E-state index in [1.807, 2.05) is 48.0 Å². The van der Waals surface area contributed by atoms with Gasteiger partial charge in [-0.3, -0.25) is 4.79 Å². The Hall–Kier alpha value is -2.07. The van der Waals surface area contributed by atoms with Gasteiger partial charge >= 0.3 is 0 Å². The second kappa shape index (κ2) is 5.13. The summed E-state index contributed by atoms with van der Waals surface area (Å²) < 4.78 is 1.89. The van der Waals surface area contributed by atoms with Crippen molar-refractivity contribution in [3.63, 3.8) is 0 Å². The minimum atomic E-state index is -0.554. The number of aliphatic hydroxyl groups excluding tert-OH is 1. The molecule has 0 saturated carbocycles. The van der Waals surface area contributed by atoms with Gasteiger partial charge in [0, 0.05) is 19.2 Å². The van der Waals surface area contributed by atoms with Crippen LogP contribution in [0.1, 0.15) is 34.6 Å². The van der Waals surface area contributed by atoms with Crippen molar-refractivity contribution in [2.24, 2.45) is 0 Å². The number of hydrogen-bond acceptors (Lipinski definition) is 2. The van der Waals surface area contributed by atoms with E-state index in [0.29, 0.717) is 12.1 Å². The molecule has 0 aliphatic heterocycles. The van der Waals surface area contributed by atoms with Crippen LogP contribution in [-0.2, 0) is 13.0 Å². The molecule has 1 aliphatic carbocycles. The normalized spacial score (nSPS) is 20.7. The molecular formula is C16H18N2O2. The van der Waals surface area contributed by atoms with Gasteiger partial charge in [0.05, 0.1) is 12.1 Å². The molecule has 0 spiro atoms. The van der Waals surface area contributed by atoms with E-state index in [0.717, 1.165) is 17.7 Å². The van der Waals surface area contributed by atoms with E-state index in [1.54, 1.807) is 6.07 Å². The summed E-state index contributed by atoms with van der Waals surface area (Å²) in [5.74, 6) is -0.141. The highest BCUT2D eigenvalue weighted by atomic mass is 16.3. The summed E-state index contributed by atoms with van der Waals surface area (Å²) in [5, 5.41) is 13.1. The molecule has 2 aromatic rings. The quantitative estimate of drug-likeness (QED) is 0.895. The van der Waals surface area contributed by atoms with Gasteiger partial charge in [0.1, 0.15) is 5.69 Å². The molecule has 0 fully saturated rings. The number of benzene rings is 1. The lowest BCUT2D eigenvalue weighted by atomic mass is 10.1. The van der Waals surface area contributed by atoms with Crippen LogP contribution in [0.25, 0.3) is 0 Å². The molecule has 3 rings (SSSR count). The van der Waals surface area contributed by atoms with Crippen molar-refractivity contribution in [3.05, 3.63) is 59.4 Å². The number of rotatable bonds is 3. The lowest BCUT2D eigenvalue weighted by Crippen LogP contribution is -2.34. The largest absolute Gasteiger partial charge is 0.390 e. The van der Waals surface area contributed by atoms with E-state index in [9.17, 15) is 9.90 Å². The molecule has 0 radical (unpaired) electrons. The molecule has 104 valence electrons. The van der Waals surface area contributed by atoms with Gasteiger partial charge in [-0.05, 0) is 30.2 Å². The summed E-state index contributed by atoms with van der Waals surface area (Å²) in [6, 6.07) is 11.2. The first kappa shape index (κ1) is 12.9. The summed E-state index contributed by atoms with van der Waals surface area (Å²) in [5.41, 5.74) is 2.75. The fourth-order valence-electron chi connectivity index (χ4n) is 2.86. The number of carbonyl (C=O) groups is 1. The van der Waals surface area contributed by atoms with Crippen molar-refractivity contribution < 1.29 is 9.90 Å². The summed E-state index contributed by atoms with van der Waals surface area (Å²) in [6.45, 7) is 2.75. The Morgan fingerprint density at radius 2 is 2.15 bits per heavy atom. The Bertz CT molecular complexity index is 633. The number of nitrogens with one attached hydrogen (secondary N) is 1. The average Bonchev–Trinajstić information content (AvgIpc) is 3.04. The van der Waals surface area contributed by atoms with Crippen molar-refractivity contribution in [2.45, 2.75) is 32.0 Å². The summed E-state index contributed by atoms with van der Waals surface area (Å²) in [6.07, 6.45) is 1.92. The van der Waals surface area contributed by atoms with Gasteiger partial charge in [-0.2, -0.15) is 0 Å². The summed E-state index contributed by atoms with van der Waals surface area (Å²) >= 11 is 0. The molecule has 0 saturated heterocycles. The Kier molecular flexibility index (Phi) is 3.32. The first-order chi connectivity index (χ1) is 9.70. The lowest BCUT2D eigenvalue weighted by molar-refractivity contribution is 0.0849. The Morgan fingerprint density at radius 3 is 2.95 bits per heavy atom. The number of hydrogen-bond donors (Lipinski definition) is 2. The van der Waals surface area contributed by atoms with Crippen LogP contribution >= 0.6 is 0 Å². The molecule has 2 unspecified atom stereocenters. The third-order valence-electron chi connectivity index (χ3n) is 3.89. The van der Waals surface area contributed by atoms with E-state index in [2.05, 4.69) is 5.32 Å². The maximum Gasteiger partial charge on any atom is 0.268 e. The highest BCUT2D eigenvalue weighted by Gasteiger charge is 2.32. The molecule has 20 heavy (non-hydrogen) atoms. The minimum absolute atomic E-state index is 0.141. The number of fused-ring (bicyclic) bond motifs is 1. The van der Waals surface area contributed by atoms with Crippen LogP contribution < -0.4 is 5.32 Å². The summed E-state index contributed by atoms with van der Waals surface area (Å²) in [7, 11) is 0. The molecular weight excluding hydrogens is 252 g/mol. The maximum atomic E-state index is 12.4. The first-order valence-corrected chi connectivity index (χ1v) is 6.92. The zero-order chi connectivity index (χ0) is 14.1. The smallest absolute Gasteiger partial charge is 0.268 e. The standard InChI is InChI=1S/C16H18N2O2/c1-2-18-9-5-8-13(18)16(20)17-15-12-7-4-3-6-11(12)10-14(15)19/h3-9,14-15,19H,2,10H2,1H3,(H,17,20). The average molecular weight is 270 g/mol. The molecule has 0 bridgehead atoms. The third kappa shape index (κ3) is 2.12. The van der Waals surface area contributed by atoms with Gasteiger partial charge in [0.25, 0.3) is 5.91 Å². The second-order valence-electron chi connectivity index (χ2n) is 5.10.